The highest BCUT2D eigenvalue weighted by atomic mass is 19.4. The van der Waals surface area contributed by atoms with E-state index in [1.165, 1.54) is 25.3 Å². The summed E-state index contributed by atoms with van der Waals surface area (Å²) in [5.41, 5.74) is 1.34. The van der Waals surface area contributed by atoms with Crippen LogP contribution in [-0.4, -0.2) is 25.8 Å². The van der Waals surface area contributed by atoms with Crippen LogP contribution in [0.25, 0.3) is 0 Å². The molecule has 4 nitrogen and oxygen atoms in total. The van der Waals surface area contributed by atoms with Crippen LogP contribution in [0, 0.1) is 6.92 Å². The fourth-order valence-corrected chi connectivity index (χ4v) is 2.01. The lowest BCUT2D eigenvalue weighted by Crippen LogP contribution is -2.20. The number of para-hydroxylation sites is 2. The molecule has 0 unspecified atom stereocenters. The van der Waals surface area contributed by atoms with Gasteiger partial charge in [0, 0.05) is 5.56 Å². The van der Waals surface area contributed by atoms with Crippen LogP contribution in [-0.2, 0) is 0 Å². The van der Waals surface area contributed by atoms with Crippen molar-refractivity contribution in [2.75, 3.05) is 19.0 Å². The van der Waals surface area contributed by atoms with Crippen LogP contribution >= 0.6 is 0 Å². The molecule has 0 aliphatic carbocycles. The number of ether oxygens (including phenoxy) is 2. The summed E-state index contributed by atoms with van der Waals surface area (Å²) >= 11 is 0. The van der Waals surface area contributed by atoms with Crippen molar-refractivity contribution in [1.82, 2.24) is 0 Å². The molecule has 0 aromatic heterocycles. The highest BCUT2D eigenvalue weighted by molar-refractivity contribution is 6.05. The van der Waals surface area contributed by atoms with Gasteiger partial charge in [-0.15, -0.1) is 0 Å². The molecule has 0 aliphatic heterocycles. The molecule has 0 aliphatic rings. The van der Waals surface area contributed by atoms with Crippen molar-refractivity contribution in [2.24, 2.45) is 0 Å². The Hall–Kier alpha value is -2.70. The van der Waals surface area contributed by atoms with Gasteiger partial charge in [-0.2, -0.15) is 13.2 Å². The van der Waals surface area contributed by atoms with E-state index in [1.807, 2.05) is 6.92 Å². The van der Waals surface area contributed by atoms with Crippen LogP contribution in [0.1, 0.15) is 15.9 Å². The maximum atomic E-state index is 12.3. The zero-order chi connectivity index (χ0) is 17.7. The number of carbonyl (C=O) groups excluding carboxylic acids is 1. The lowest BCUT2D eigenvalue weighted by atomic mass is 10.1. The molecule has 0 atom stereocenters. The van der Waals surface area contributed by atoms with E-state index in [0.29, 0.717) is 11.3 Å². The van der Waals surface area contributed by atoms with Gasteiger partial charge in [0.25, 0.3) is 5.91 Å². The summed E-state index contributed by atoms with van der Waals surface area (Å²) < 4.78 is 46.8. The normalized spacial score (nSPS) is 11.0. The zero-order valence-electron chi connectivity index (χ0n) is 13.1. The SMILES string of the molecule is COc1cc(C(=O)Nc2ccccc2OCC(F)(F)F)ccc1C. The van der Waals surface area contributed by atoms with Crippen LogP contribution < -0.4 is 14.8 Å². The zero-order valence-corrected chi connectivity index (χ0v) is 13.1. The Labute approximate surface area is 137 Å². The Morgan fingerprint density at radius 2 is 1.83 bits per heavy atom. The molecular weight excluding hydrogens is 323 g/mol. The first-order chi connectivity index (χ1) is 11.3. The van der Waals surface area contributed by atoms with Crippen LogP contribution in [0.4, 0.5) is 18.9 Å². The van der Waals surface area contributed by atoms with Crippen molar-refractivity contribution in [1.29, 1.82) is 0 Å². The van der Waals surface area contributed by atoms with Gasteiger partial charge in [0.2, 0.25) is 0 Å². The highest BCUT2D eigenvalue weighted by Crippen LogP contribution is 2.27. The Balaban J connectivity index is 2.17. The third-order valence-electron chi connectivity index (χ3n) is 3.20. The van der Waals surface area contributed by atoms with E-state index in [4.69, 9.17) is 9.47 Å². The molecule has 0 heterocycles. The van der Waals surface area contributed by atoms with Gasteiger partial charge >= 0.3 is 6.18 Å². The molecule has 128 valence electrons. The van der Waals surface area contributed by atoms with Gasteiger partial charge in [0.1, 0.15) is 11.5 Å². The minimum atomic E-state index is -4.46. The van der Waals surface area contributed by atoms with Gasteiger partial charge in [-0.3, -0.25) is 4.79 Å². The van der Waals surface area contributed by atoms with E-state index < -0.39 is 18.7 Å². The third kappa shape index (κ3) is 4.65. The average molecular weight is 339 g/mol. The van der Waals surface area contributed by atoms with E-state index in [9.17, 15) is 18.0 Å². The molecule has 0 fully saturated rings. The van der Waals surface area contributed by atoms with Crippen LogP contribution in [0.5, 0.6) is 11.5 Å². The topological polar surface area (TPSA) is 47.6 Å². The molecule has 24 heavy (non-hydrogen) atoms. The fraction of sp³-hybridized carbons (Fsp3) is 0.235. The van der Waals surface area contributed by atoms with Gasteiger partial charge in [0.15, 0.2) is 6.61 Å². The molecule has 1 amide bonds. The predicted octanol–water partition coefficient (Wildman–Crippen LogP) is 4.20. The van der Waals surface area contributed by atoms with E-state index in [-0.39, 0.29) is 11.4 Å². The van der Waals surface area contributed by atoms with Crippen molar-refractivity contribution < 1.29 is 27.4 Å². The number of anilines is 1. The summed E-state index contributed by atoms with van der Waals surface area (Å²) in [7, 11) is 1.49. The highest BCUT2D eigenvalue weighted by Gasteiger charge is 2.28. The number of hydrogen-bond acceptors (Lipinski definition) is 3. The number of carbonyl (C=O) groups is 1. The molecule has 0 radical (unpaired) electrons. The number of halogens is 3. The minimum Gasteiger partial charge on any atom is -0.496 e. The Kier molecular flexibility index (Phi) is 5.33. The average Bonchev–Trinajstić information content (AvgIpc) is 2.53. The molecule has 1 N–H and O–H groups in total. The Morgan fingerprint density at radius 1 is 1.12 bits per heavy atom. The first-order valence-electron chi connectivity index (χ1n) is 7.05. The molecule has 2 aromatic rings. The van der Waals surface area contributed by atoms with Crippen LogP contribution in [0.2, 0.25) is 0 Å². The Bertz CT molecular complexity index is 729. The second-order valence-electron chi connectivity index (χ2n) is 5.04. The largest absolute Gasteiger partial charge is 0.496 e. The summed E-state index contributed by atoms with van der Waals surface area (Å²) in [6.07, 6.45) is -4.46. The number of hydrogen-bond donors (Lipinski definition) is 1. The standard InChI is InChI=1S/C17H16F3NO3/c1-11-7-8-12(9-15(11)23-2)16(22)21-13-5-3-4-6-14(13)24-10-17(18,19)20/h3-9H,10H2,1-2H3,(H,21,22). The minimum absolute atomic E-state index is 0.0535. The number of amides is 1. The number of nitrogens with one attached hydrogen (secondary N) is 1. The maximum Gasteiger partial charge on any atom is 0.422 e. The number of alkyl halides is 3. The summed E-state index contributed by atoms with van der Waals surface area (Å²) in [6, 6.07) is 10.8. The first-order valence-corrected chi connectivity index (χ1v) is 7.05. The molecule has 0 bridgehead atoms. The lowest BCUT2D eigenvalue weighted by molar-refractivity contribution is -0.153. The fourth-order valence-electron chi connectivity index (χ4n) is 2.01. The molecular formula is C17H16F3NO3. The van der Waals surface area contributed by atoms with E-state index in [2.05, 4.69) is 5.32 Å². The molecule has 0 saturated carbocycles. The van der Waals surface area contributed by atoms with E-state index in [0.717, 1.165) is 5.56 Å². The smallest absolute Gasteiger partial charge is 0.422 e. The second kappa shape index (κ2) is 7.25. The molecule has 0 spiro atoms. The van der Waals surface area contributed by atoms with Crippen molar-refractivity contribution in [3.63, 3.8) is 0 Å². The maximum absolute atomic E-state index is 12.3. The molecule has 7 heteroatoms. The van der Waals surface area contributed by atoms with E-state index >= 15 is 0 Å². The monoisotopic (exact) mass is 339 g/mol. The summed E-state index contributed by atoms with van der Waals surface area (Å²) in [5.74, 6) is 0.0165. The van der Waals surface area contributed by atoms with Gasteiger partial charge in [-0.25, -0.2) is 0 Å². The van der Waals surface area contributed by atoms with Crippen molar-refractivity contribution in [3.05, 3.63) is 53.6 Å². The Morgan fingerprint density at radius 3 is 2.50 bits per heavy atom. The predicted molar refractivity (Wildman–Crippen MR) is 83.7 cm³/mol. The summed E-state index contributed by atoms with van der Waals surface area (Å²) in [6.45, 7) is 0.402. The number of aryl methyl sites for hydroxylation is 1. The van der Waals surface area contributed by atoms with Crippen LogP contribution in [0.3, 0.4) is 0 Å². The van der Waals surface area contributed by atoms with Crippen molar-refractivity contribution in [2.45, 2.75) is 13.1 Å². The first kappa shape index (κ1) is 17.7. The number of methoxy groups -OCH3 is 1. The van der Waals surface area contributed by atoms with Crippen molar-refractivity contribution in [3.8, 4) is 11.5 Å². The summed E-state index contributed by atoms with van der Waals surface area (Å²) in [4.78, 5) is 12.3. The lowest BCUT2D eigenvalue weighted by Gasteiger charge is -2.14. The molecule has 2 rings (SSSR count). The third-order valence-corrected chi connectivity index (χ3v) is 3.20. The number of rotatable bonds is 5. The second-order valence-corrected chi connectivity index (χ2v) is 5.04. The van der Waals surface area contributed by atoms with Crippen molar-refractivity contribution >= 4 is 11.6 Å². The molecule has 0 saturated heterocycles. The van der Waals surface area contributed by atoms with Gasteiger partial charge in [0.05, 0.1) is 12.8 Å². The van der Waals surface area contributed by atoms with Crippen LogP contribution in [0.15, 0.2) is 42.5 Å². The van der Waals surface area contributed by atoms with Gasteiger partial charge in [-0.1, -0.05) is 18.2 Å². The van der Waals surface area contributed by atoms with Gasteiger partial charge in [-0.05, 0) is 36.8 Å². The summed E-state index contributed by atoms with van der Waals surface area (Å²) in [5, 5.41) is 2.55. The van der Waals surface area contributed by atoms with E-state index in [1.54, 1.807) is 24.3 Å². The van der Waals surface area contributed by atoms with Gasteiger partial charge < -0.3 is 14.8 Å². The number of benzene rings is 2. The molecule has 2 aromatic carbocycles. The quantitative estimate of drug-likeness (QED) is 0.888.